The van der Waals surface area contributed by atoms with E-state index in [0.717, 1.165) is 23.3 Å². The van der Waals surface area contributed by atoms with E-state index in [9.17, 15) is 13.2 Å². The number of thioether (sulfide) groups is 1. The van der Waals surface area contributed by atoms with Crippen molar-refractivity contribution in [1.29, 1.82) is 0 Å². The zero-order valence-corrected chi connectivity index (χ0v) is 18.4. The normalized spacial score (nSPS) is 12.4. The van der Waals surface area contributed by atoms with Crippen LogP contribution in [0.2, 0.25) is 0 Å². The molecule has 0 aliphatic carbocycles. The summed E-state index contributed by atoms with van der Waals surface area (Å²) in [6, 6.07) is 14.6. The largest absolute Gasteiger partial charge is 0.353 e. The molecule has 0 spiro atoms. The SMILES string of the molecule is Cc1ccc(N([C@@H](C)C(=O)NCCSCc2cccc(C)c2)S(C)(=O)=O)cc1. The van der Waals surface area contributed by atoms with E-state index >= 15 is 0 Å². The maximum Gasteiger partial charge on any atom is 0.243 e. The minimum Gasteiger partial charge on any atom is -0.353 e. The summed E-state index contributed by atoms with van der Waals surface area (Å²) < 4.78 is 25.7. The molecule has 0 fully saturated rings. The van der Waals surface area contributed by atoms with Gasteiger partial charge >= 0.3 is 0 Å². The van der Waals surface area contributed by atoms with Crippen LogP contribution in [-0.4, -0.2) is 38.9 Å². The fraction of sp³-hybridized carbons (Fsp3) is 0.381. The predicted octanol–water partition coefficient (Wildman–Crippen LogP) is 3.51. The van der Waals surface area contributed by atoms with E-state index < -0.39 is 16.1 Å². The zero-order chi connectivity index (χ0) is 20.7. The summed E-state index contributed by atoms with van der Waals surface area (Å²) in [6.45, 7) is 6.10. The minimum absolute atomic E-state index is 0.304. The third kappa shape index (κ3) is 6.56. The Kier molecular flexibility index (Phi) is 7.95. The lowest BCUT2D eigenvalue weighted by Crippen LogP contribution is -2.48. The average Bonchev–Trinajstić information content (AvgIpc) is 2.62. The number of hydrogen-bond donors (Lipinski definition) is 1. The summed E-state index contributed by atoms with van der Waals surface area (Å²) in [5.41, 5.74) is 4.01. The molecule has 0 aliphatic heterocycles. The first-order chi connectivity index (χ1) is 13.2. The van der Waals surface area contributed by atoms with E-state index in [1.807, 2.05) is 25.1 Å². The maximum atomic E-state index is 12.5. The molecule has 2 aromatic carbocycles. The van der Waals surface area contributed by atoms with Gasteiger partial charge in [0.15, 0.2) is 0 Å². The van der Waals surface area contributed by atoms with Gasteiger partial charge in [-0.15, -0.1) is 0 Å². The molecular weight excluding hydrogens is 392 g/mol. The molecule has 28 heavy (non-hydrogen) atoms. The number of nitrogens with zero attached hydrogens (tertiary/aromatic N) is 1. The number of nitrogens with one attached hydrogen (secondary N) is 1. The van der Waals surface area contributed by atoms with Gasteiger partial charge in [0.05, 0.1) is 11.9 Å². The number of carbonyl (C=O) groups excluding carboxylic acids is 1. The van der Waals surface area contributed by atoms with E-state index in [0.29, 0.717) is 12.2 Å². The molecule has 5 nitrogen and oxygen atoms in total. The lowest BCUT2D eigenvalue weighted by molar-refractivity contribution is -0.121. The maximum absolute atomic E-state index is 12.5. The molecule has 1 amide bonds. The van der Waals surface area contributed by atoms with Gasteiger partial charge in [-0.05, 0) is 38.5 Å². The van der Waals surface area contributed by atoms with E-state index in [2.05, 4.69) is 30.4 Å². The molecular formula is C21H28N2O3S2. The van der Waals surface area contributed by atoms with Crippen molar-refractivity contribution in [2.45, 2.75) is 32.6 Å². The van der Waals surface area contributed by atoms with Gasteiger partial charge in [0, 0.05) is 18.1 Å². The standard InChI is InChI=1S/C21H28N2O3S2/c1-16-8-10-20(11-9-16)23(28(4,25)26)18(3)21(24)22-12-13-27-15-19-7-5-6-17(2)14-19/h5-11,14,18H,12-13,15H2,1-4H3,(H,22,24)/t18-/m0/s1. The summed E-state index contributed by atoms with van der Waals surface area (Å²) in [5.74, 6) is 1.34. The molecule has 0 heterocycles. The molecule has 0 bridgehead atoms. The first-order valence-electron chi connectivity index (χ1n) is 9.15. The van der Waals surface area contributed by atoms with Crippen molar-refractivity contribution in [2.24, 2.45) is 0 Å². The second-order valence-corrected chi connectivity index (χ2v) is 9.87. The summed E-state index contributed by atoms with van der Waals surface area (Å²) in [5, 5.41) is 2.85. The minimum atomic E-state index is -3.58. The lowest BCUT2D eigenvalue weighted by atomic mass is 10.2. The third-order valence-corrected chi connectivity index (χ3v) is 6.55. The topological polar surface area (TPSA) is 66.5 Å². The Balaban J connectivity index is 1.89. The fourth-order valence-corrected chi connectivity index (χ4v) is 4.87. The molecule has 0 saturated carbocycles. The molecule has 0 aromatic heterocycles. The van der Waals surface area contributed by atoms with Gasteiger partial charge in [-0.1, -0.05) is 47.5 Å². The van der Waals surface area contributed by atoms with Gasteiger partial charge in [-0.2, -0.15) is 11.8 Å². The molecule has 1 atom stereocenters. The smallest absolute Gasteiger partial charge is 0.243 e. The van der Waals surface area contributed by atoms with Gasteiger partial charge in [-0.3, -0.25) is 9.10 Å². The Bertz CT molecular complexity index is 896. The van der Waals surface area contributed by atoms with Crippen LogP contribution in [0, 0.1) is 13.8 Å². The van der Waals surface area contributed by atoms with Crippen molar-refractivity contribution in [2.75, 3.05) is 22.9 Å². The predicted molar refractivity (Wildman–Crippen MR) is 118 cm³/mol. The first kappa shape index (κ1) is 22.3. The van der Waals surface area contributed by atoms with Crippen molar-refractivity contribution in [1.82, 2.24) is 5.32 Å². The van der Waals surface area contributed by atoms with Crippen molar-refractivity contribution in [3.05, 3.63) is 65.2 Å². The molecule has 2 aromatic rings. The van der Waals surface area contributed by atoms with Crippen LogP contribution in [0.1, 0.15) is 23.6 Å². The van der Waals surface area contributed by atoms with Crippen molar-refractivity contribution in [3.8, 4) is 0 Å². The second-order valence-electron chi connectivity index (χ2n) is 6.90. The highest BCUT2D eigenvalue weighted by molar-refractivity contribution is 7.98. The Morgan fingerprint density at radius 3 is 2.39 bits per heavy atom. The number of anilines is 1. The molecule has 7 heteroatoms. The average molecular weight is 421 g/mol. The quantitative estimate of drug-likeness (QED) is 0.631. The molecule has 0 radical (unpaired) electrons. The molecule has 1 N–H and O–H groups in total. The Morgan fingerprint density at radius 2 is 1.79 bits per heavy atom. The van der Waals surface area contributed by atoms with Gasteiger partial charge in [0.25, 0.3) is 0 Å². The van der Waals surface area contributed by atoms with E-state index in [4.69, 9.17) is 0 Å². The Labute approximate surface area is 172 Å². The number of sulfonamides is 1. The lowest BCUT2D eigenvalue weighted by Gasteiger charge is -2.28. The number of carbonyl (C=O) groups is 1. The summed E-state index contributed by atoms with van der Waals surface area (Å²) in [7, 11) is -3.58. The van der Waals surface area contributed by atoms with Gasteiger partial charge in [-0.25, -0.2) is 8.42 Å². The van der Waals surface area contributed by atoms with Crippen LogP contribution in [0.15, 0.2) is 48.5 Å². The van der Waals surface area contributed by atoms with Crippen LogP contribution in [0.3, 0.4) is 0 Å². The number of amides is 1. The Morgan fingerprint density at radius 1 is 1.11 bits per heavy atom. The summed E-state index contributed by atoms with van der Waals surface area (Å²) in [6.07, 6.45) is 1.12. The monoisotopic (exact) mass is 420 g/mol. The summed E-state index contributed by atoms with van der Waals surface area (Å²) >= 11 is 1.73. The van der Waals surface area contributed by atoms with Gasteiger partial charge in [0.1, 0.15) is 6.04 Å². The number of hydrogen-bond acceptors (Lipinski definition) is 4. The number of rotatable bonds is 9. The van der Waals surface area contributed by atoms with Gasteiger partial charge < -0.3 is 5.32 Å². The number of benzene rings is 2. The molecule has 0 unspecified atom stereocenters. The van der Waals surface area contributed by atoms with Crippen molar-refractivity contribution >= 4 is 33.4 Å². The molecule has 2 rings (SSSR count). The van der Waals surface area contributed by atoms with Crippen LogP contribution in [-0.2, 0) is 20.6 Å². The number of aryl methyl sites for hydroxylation is 2. The molecule has 0 aliphatic rings. The summed E-state index contributed by atoms with van der Waals surface area (Å²) in [4.78, 5) is 12.5. The van der Waals surface area contributed by atoms with Crippen LogP contribution in [0.5, 0.6) is 0 Å². The van der Waals surface area contributed by atoms with Gasteiger partial charge in [0.2, 0.25) is 15.9 Å². The third-order valence-electron chi connectivity index (χ3n) is 4.27. The van der Waals surface area contributed by atoms with Crippen LogP contribution in [0.25, 0.3) is 0 Å². The van der Waals surface area contributed by atoms with Crippen LogP contribution < -0.4 is 9.62 Å². The highest BCUT2D eigenvalue weighted by atomic mass is 32.2. The van der Waals surface area contributed by atoms with Crippen LogP contribution >= 0.6 is 11.8 Å². The van der Waals surface area contributed by atoms with E-state index in [1.165, 1.54) is 15.4 Å². The molecule has 0 saturated heterocycles. The van der Waals surface area contributed by atoms with Crippen LogP contribution in [0.4, 0.5) is 5.69 Å². The Hall–Kier alpha value is -1.99. The van der Waals surface area contributed by atoms with Crippen molar-refractivity contribution < 1.29 is 13.2 Å². The highest BCUT2D eigenvalue weighted by Crippen LogP contribution is 2.21. The highest BCUT2D eigenvalue weighted by Gasteiger charge is 2.28. The zero-order valence-electron chi connectivity index (χ0n) is 16.8. The van der Waals surface area contributed by atoms with E-state index in [1.54, 1.807) is 30.8 Å². The first-order valence-corrected chi connectivity index (χ1v) is 12.2. The van der Waals surface area contributed by atoms with E-state index in [-0.39, 0.29) is 5.91 Å². The van der Waals surface area contributed by atoms with Crippen molar-refractivity contribution in [3.63, 3.8) is 0 Å². The molecule has 152 valence electrons. The fourth-order valence-electron chi connectivity index (χ4n) is 2.89. The second kappa shape index (κ2) is 9.98.